The van der Waals surface area contributed by atoms with E-state index in [-0.39, 0.29) is 36.0 Å². The first-order valence-corrected chi connectivity index (χ1v) is 13.1. The number of aliphatic hydroxyl groups is 2. The Bertz CT molecular complexity index is 1130. The van der Waals surface area contributed by atoms with Gasteiger partial charge in [0.25, 0.3) is 0 Å². The number of hydrogen-bond acceptors (Lipinski definition) is 8. The van der Waals surface area contributed by atoms with E-state index in [4.69, 9.17) is 9.47 Å². The molecule has 0 radical (unpaired) electrons. The standard InChI is InChI=1S/C19H24O5.C12H16O3/c1-19(2,23)17(21)16-5-3-4-14(10-16)12-24-18(22)15-8-6-13(11-20)7-9-15;1-12(2,14)11(13)10-6-4-5-9(7-10)8-15-3/h3-5,10-11,13,15,23H,6-9,12H2,1-2H3;4-7,14H,8H2,1-3H3. The van der Waals surface area contributed by atoms with Crippen LogP contribution in [0.5, 0.6) is 0 Å². The fourth-order valence-electron chi connectivity index (χ4n) is 4.24. The molecule has 2 aromatic carbocycles. The highest BCUT2D eigenvalue weighted by Gasteiger charge is 2.28. The second-order valence-electron chi connectivity index (χ2n) is 11.0. The van der Waals surface area contributed by atoms with Crippen LogP contribution in [0.2, 0.25) is 0 Å². The zero-order valence-corrected chi connectivity index (χ0v) is 23.4. The van der Waals surface area contributed by atoms with Gasteiger partial charge in [-0.3, -0.25) is 14.4 Å². The molecule has 0 unspecified atom stereocenters. The van der Waals surface area contributed by atoms with Crippen molar-refractivity contribution in [3.8, 4) is 0 Å². The first kappa shape index (κ1) is 32.0. The summed E-state index contributed by atoms with van der Waals surface area (Å²) in [5.74, 6) is -0.983. The van der Waals surface area contributed by atoms with E-state index in [0.29, 0.717) is 36.1 Å². The van der Waals surface area contributed by atoms with Crippen LogP contribution in [-0.2, 0) is 32.3 Å². The minimum absolute atomic E-state index is 0.0681. The molecule has 1 aliphatic rings. The predicted octanol–water partition coefficient (Wildman–Crippen LogP) is 4.48. The molecule has 1 saturated carbocycles. The van der Waals surface area contributed by atoms with Gasteiger partial charge in [-0.1, -0.05) is 36.4 Å². The normalized spacial score (nSPS) is 17.4. The maximum Gasteiger partial charge on any atom is 0.309 e. The van der Waals surface area contributed by atoms with Gasteiger partial charge in [-0.15, -0.1) is 0 Å². The van der Waals surface area contributed by atoms with Crippen LogP contribution in [0.15, 0.2) is 48.5 Å². The number of hydrogen-bond donors (Lipinski definition) is 2. The van der Waals surface area contributed by atoms with Crippen LogP contribution in [0.25, 0.3) is 0 Å². The SMILES string of the molecule is CC(C)(O)C(=O)c1cccc(COC(=O)C2CCC(C=O)CC2)c1.COCc1cccc(C(=O)C(C)(C)O)c1. The quantitative estimate of drug-likeness (QED) is 0.257. The second-order valence-corrected chi connectivity index (χ2v) is 11.0. The van der Waals surface area contributed by atoms with E-state index >= 15 is 0 Å². The van der Waals surface area contributed by atoms with Crippen molar-refractivity contribution in [2.24, 2.45) is 11.8 Å². The minimum atomic E-state index is -1.44. The summed E-state index contributed by atoms with van der Waals surface area (Å²) >= 11 is 0. The molecule has 0 saturated heterocycles. The molecule has 2 aromatic rings. The molecule has 1 aliphatic carbocycles. The van der Waals surface area contributed by atoms with Gasteiger partial charge in [-0.05, 0) is 76.6 Å². The number of esters is 1. The third-order valence-electron chi connectivity index (χ3n) is 6.48. The molecule has 8 nitrogen and oxygen atoms in total. The number of ketones is 2. The molecule has 0 bridgehead atoms. The van der Waals surface area contributed by atoms with E-state index in [1.54, 1.807) is 49.6 Å². The van der Waals surface area contributed by atoms with E-state index in [1.165, 1.54) is 27.7 Å². The maximum absolute atomic E-state index is 12.1. The average molecular weight is 541 g/mol. The first-order valence-electron chi connectivity index (χ1n) is 13.1. The molecule has 212 valence electrons. The topological polar surface area (TPSA) is 127 Å². The lowest BCUT2D eigenvalue weighted by Gasteiger charge is -2.23. The van der Waals surface area contributed by atoms with Crippen LogP contribution < -0.4 is 0 Å². The summed E-state index contributed by atoms with van der Waals surface area (Å²) in [4.78, 5) is 46.7. The van der Waals surface area contributed by atoms with Crippen molar-refractivity contribution in [3.63, 3.8) is 0 Å². The Balaban J connectivity index is 0.000000306. The first-order chi connectivity index (χ1) is 18.3. The summed E-state index contributed by atoms with van der Waals surface area (Å²) in [5, 5.41) is 19.4. The van der Waals surface area contributed by atoms with Gasteiger partial charge in [0.05, 0.1) is 12.5 Å². The number of carbonyl (C=O) groups excluding carboxylic acids is 4. The van der Waals surface area contributed by atoms with E-state index < -0.39 is 11.2 Å². The zero-order valence-electron chi connectivity index (χ0n) is 23.4. The fraction of sp³-hybridized carbons (Fsp3) is 0.484. The smallest absolute Gasteiger partial charge is 0.309 e. The Hall–Kier alpha value is -3.20. The van der Waals surface area contributed by atoms with Crippen molar-refractivity contribution in [1.82, 2.24) is 0 Å². The lowest BCUT2D eigenvalue weighted by molar-refractivity contribution is -0.151. The molecule has 39 heavy (non-hydrogen) atoms. The summed E-state index contributed by atoms with van der Waals surface area (Å²) in [6.45, 7) is 6.42. The third-order valence-corrected chi connectivity index (χ3v) is 6.48. The van der Waals surface area contributed by atoms with Crippen LogP contribution in [0.4, 0.5) is 0 Å². The van der Waals surface area contributed by atoms with Crippen LogP contribution in [0.3, 0.4) is 0 Å². The van der Waals surface area contributed by atoms with Crippen LogP contribution in [0.1, 0.15) is 85.2 Å². The van der Waals surface area contributed by atoms with Crippen LogP contribution >= 0.6 is 0 Å². The summed E-state index contributed by atoms with van der Waals surface area (Å²) < 4.78 is 10.3. The second kappa shape index (κ2) is 14.3. The molecule has 3 rings (SSSR count). The van der Waals surface area contributed by atoms with E-state index in [2.05, 4.69) is 0 Å². The van der Waals surface area contributed by atoms with Gasteiger partial charge >= 0.3 is 5.97 Å². The van der Waals surface area contributed by atoms with Crippen molar-refractivity contribution in [3.05, 3.63) is 70.8 Å². The Morgan fingerprint density at radius 2 is 1.28 bits per heavy atom. The molecule has 0 aliphatic heterocycles. The molecular formula is C31H40O8. The molecule has 2 N–H and O–H groups in total. The van der Waals surface area contributed by atoms with E-state index in [9.17, 15) is 29.4 Å². The van der Waals surface area contributed by atoms with Crippen molar-refractivity contribution >= 4 is 23.8 Å². The van der Waals surface area contributed by atoms with Gasteiger partial charge in [0.1, 0.15) is 24.1 Å². The largest absolute Gasteiger partial charge is 0.461 e. The van der Waals surface area contributed by atoms with Gasteiger partial charge < -0.3 is 24.5 Å². The Labute approximate surface area is 230 Å². The number of rotatable bonds is 10. The Kier molecular flexibility index (Phi) is 11.7. The summed E-state index contributed by atoms with van der Waals surface area (Å²) in [7, 11) is 1.60. The number of benzene rings is 2. The van der Waals surface area contributed by atoms with Crippen LogP contribution in [0, 0.1) is 11.8 Å². The molecule has 0 atom stereocenters. The lowest BCUT2D eigenvalue weighted by Crippen LogP contribution is -2.31. The highest BCUT2D eigenvalue weighted by molar-refractivity contribution is 6.02. The predicted molar refractivity (Wildman–Crippen MR) is 146 cm³/mol. The molecular weight excluding hydrogens is 500 g/mol. The van der Waals surface area contributed by atoms with Crippen molar-refractivity contribution in [2.45, 2.75) is 77.8 Å². The van der Waals surface area contributed by atoms with Gasteiger partial charge in [0.2, 0.25) is 0 Å². The summed E-state index contributed by atoms with van der Waals surface area (Å²) in [6.07, 6.45) is 3.79. The van der Waals surface area contributed by atoms with Crippen molar-refractivity contribution in [1.29, 1.82) is 0 Å². The van der Waals surface area contributed by atoms with Crippen LogP contribution in [-0.4, -0.2) is 52.3 Å². The van der Waals surface area contributed by atoms with Gasteiger partial charge in [0, 0.05) is 24.2 Å². The zero-order chi connectivity index (χ0) is 29.2. The summed E-state index contributed by atoms with van der Waals surface area (Å²) in [5.41, 5.74) is -0.231. The Morgan fingerprint density at radius 1 is 0.821 bits per heavy atom. The summed E-state index contributed by atoms with van der Waals surface area (Å²) in [6, 6.07) is 13.8. The van der Waals surface area contributed by atoms with E-state index in [1.807, 2.05) is 6.07 Å². The Morgan fingerprint density at radius 3 is 1.69 bits per heavy atom. The number of aldehydes is 1. The van der Waals surface area contributed by atoms with Crippen molar-refractivity contribution in [2.75, 3.05) is 7.11 Å². The lowest BCUT2D eigenvalue weighted by atomic mass is 9.83. The molecule has 1 fully saturated rings. The average Bonchev–Trinajstić information content (AvgIpc) is 2.90. The minimum Gasteiger partial charge on any atom is -0.461 e. The highest BCUT2D eigenvalue weighted by atomic mass is 16.5. The maximum atomic E-state index is 12.1. The number of Topliss-reactive ketones (excluding diaryl/α,β-unsaturated/α-hetero) is 2. The monoisotopic (exact) mass is 540 g/mol. The molecule has 8 heteroatoms. The fourth-order valence-corrected chi connectivity index (χ4v) is 4.24. The van der Waals surface area contributed by atoms with Gasteiger partial charge in [-0.2, -0.15) is 0 Å². The number of carbonyl (C=O) groups is 4. The number of ether oxygens (including phenoxy) is 2. The van der Waals surface area contributed by atoms with Gasteiger partial charge in [0.15, 0.2) is 11.6 Å². The highest BCUT2D eigenvalue weighted by Crippen LogP contribution is 2.28. The van der Waals surface area contributed by atoms with E-state index in [0.717, 1.165) is 24.7 Å². The molecule has 0 aromatic heterocycles. The third kappa shape index (κ3) is 10.1. The van der Waals surface area contributed by atoms with Crippen molar-refractivity contribution < 1.29 is 38.9 Å². The number of methoxy groups -OCH3 is 1. The van der Waals surface area contributed by atoms with Gasteiger partial charge in [-0.25, -0.2) is 0 Å². The molecule has 0 amide bonds. The molecule has 0 spiro atoms. The molecule has 0 heterocycles.